The Bertz CT molecular complexity index is 238. The smallest absolute Gasteiger partial charge is 0 e. The molecule has 0 bridgehead atoms. The summed E-state index contributed by atoms with van der Waals surface area (Å²) in [5.74, 6) is 0. The van der Waals surface area contributed by atoms with Crippen LogP contribution in [-0.2, 0) is 59.1 Å². The Balaban J connectivity index is 0. The van der Waals surface area contributed by atoms with Crippen LogP contribution >= 0.6 is 15.9 Å². The molecule has 0 atom stereocenters. The number of benzene rings is 1. The summed E-state index contributed by atoms with van der Waals surface area (Å²) in [6.07, 6.45) is 0. The van der Waals surface area contributed by atoms with Gasteiger partial charge in [-0.05, 0) is 0 Å². The zero-order valence-electron chi connectivity index (χ0n) is 7.15. The van der Waals surface area contributed by atoms with Gasteiger partial charge in [-0.15, -0.1) is 15.9 Å². The predicted octanol–water partition coefficient (Wildman–Crippen LogP) is 2.79. The van der Waals surface area contributed by atoms with Crippen LogP contribution in [0.4, 0.5) is 0 Å². The van der Waals surface area contributed by atoms with Crippen LogP contribution in [0, 0.1) is 26.0 Å². The Kier molecular flexibility index (Phi) is 10.4. The first kappa shape index (κ1) is 15.9. The van der Waals surface area contributed by atoms with Gasteiger partial charge in [0, 0.05) is 53.8 Å². The van der Waals surface area contributed by atoms with Crippen molar-refractivity contribution in [3.05, 3.63) is 34.9 Å². The van der Waals surface area contributed by atoms with E-state index in [4.69, 9.17) is 0 Å². The summed E-state index contributed by atoms with van der Waals surface area (Å²) in [4.78, 5) is 0. The van der Waals surface area contributed by atoms with E-state index in [-0.39, 0.29) is 53.8 Å². The summed E-state index contributed by atoms with van der Waals surface area (Å²) >= 11 is 3.39. The molecule has 0 heterocycles. The molecule has 0 aliphatic heterocycles. The number of rotatable bonds is 1. The third-order valence-electron chi connectivity index (χ3n) is 1.46. The van der Waals surface area contributed by atoms with Crippen molar-refractivity contribution in [1.29, 1.82) is 0 Å². The average molecular weight is 470 g/mol. The molecule has 0 aliphatic carbocycles. The molecule has 0 fully saturated rings. The molecule has 1 rings (SSSR count). The maximum Gasteiger partial charge on any atom is 0 e. The fraction of sp³-hybridized carbons (Fsp3) is 0.333. The minimum absolute atomic E-state index is 0. The maximum atomic E-state index is 3.39. The number of hydrogen-bond acceptors (Lipinski definition) is 0. The SMILES string of the molecule is Cc1[c-]cc(CBr)c(C)[c-]1.[W].[Y]. The van der Waals surface area contributed by atoms with E-state index in [1.165, 1.54) is 11.1 Å². The van der Waals surface area contributed by atoms with Gasteiger partial charge in [0.05, 0.1) is 0 Å². The van der Waals surface area contributed by atoms with Gasteiger partial charge in [-0.1, -0.05) is 19.2 Å². The summed E-state index contributed by atoms with van der Waals surface area (Å²) in [5, 5.41) is 0.895. The van der Waals surface area contributed by atoms with E-state index in [0.29, 0.717) is 0 Å². The van der Waals surface area contributed by atoms with Gasteiger partial charge in [-0.25, -0.2) is 0 Å². The Labute approximate surface area is 122 Å². The van der Waals surface area contributed by atoms with Crippen molar-refractivity contribution in [2.75, 3.05) is 0 Å². The van der Waals surface area contributed by atoms with Crippen molar-refractivity contribution in [3.8, 4) is 0 Å². The van der Waals surface area contributed by atoms with E-state index >= 15 is 0 Å². The monoisotopic (exact) mass is 469 g/mol. The molecule has 0 amide bonds. The van der Waals surface area contributed by atoms with Crippen molar-refractivity contribution in [2.45, 2.75) is 19.2 Å². The van der Waals surface area contributed by atoms with Crippen LogP contribution in [0.2, 0.25) is 0 Å². The average Bonchev–Trinajstić information content (AvgIpc) is 1.88. The van der Waals surface area contributed by atoms with Crippen LogP contribution in [0.15, 0.2) is 6.07 Å². The van der Waals surface area contributed by atoms with Gasteiger partial charge in [0.2, 0.25) is 0 Å². The summed E-state index contributed by atoms with van der Waals surface area (Å²) in [6.45, 7) is 4.07. The molecule has 0 spiro atoms. The number of hydrogen-bond donors (Lipinski definition) is 0. The zero-order chi connectivity index (χ0) is 7.56. The van der Waals surface area contributed by atoms with Crippen molar-refractivity contribution in [2.24, 2.45) is 0 Å². The summed E-state index contributed by atoms with van der Waals surface area (Å²) < 4.78 is 0. The van der Waals surface area contributed by atoms with Crippen molar-refractivity contribution < 1.29 is 53.8 Å². The van der Waals surface area contributed by atoms with Gasteiger partial charge in [-0.2, -0.15) is 0 Å². The molecular formula is C9H9BrWY-2. The molecule has 1 aromatic carbocycles. The zero-order valence-corrected chi connectivity index (χ0v) is 14.5. The third-order valence-corrected chi connectivity index (χ3v) is 2.07. The standard InChI is InChI=1S/C9H9Br.W.Y/c1-7-3-4-9(6-10)8(2)5-7;;/h4H,6H2,1-2H3;;/q-2;;. The second-order valence-corrected chi connectivity index (χ2v) is 2.88. The van der Waals surface area contributed by atoms with Crippen molar-refractivity contribution >= 4 is 15.9 Å². The molecule has 0 aliphatic rings. The minimum Gasteiger partial charge on any atom is -0.356 e. The molecule has 0 saturated carbocycles. The van der Waals surface area contributed by atoms with E-state index < -0.39 is 0 Å². The van der Waals surface area contributed by atoms with Crippen molar-refractivity contribution in [1.82, 2.24) is 0 Å². The van der Waals surface area contributed by atoms with Gasteiger partial charge in [0.1, 0.15) is 0 Å². The third kappa shape index (κ3) is 4.65. The number of halogens is 1. The topological polar surface area (TPSA) is 0 Å². The van der Waals surface area contributed by atoms with E-state index in [1.807, 2.05) is 13.0 Å². The predicted molar refractivity (Wildman–Crippen MR) is 46.2 cm³/mol. The van der Waals surface area contributed by atoms with Crippen molar-refractivity contribution in [3.63, 3.8) is 0 Å². The number of alkyl halides is 1. The van der Waals surface area contributed by atoms with Crippen LogP contribution in [0.1, 0.15) is 16.7 Å². The van der Waals surface area contributed by atoms with Gasteiger partial charge in [-0.3, -0.25) is 22.8 Å². The quantitative estimate of drug-likeness (QED) is 0.438. The van der Waals surface area contributed by atoms with E-state index in [2.05, 4.69) is 35.0 Å². The fourth-order valence-corrected chi connectivity index (χ4v) is 1.42. The molecule has 1 radical (unpaired) electrons. The van der Waals surface area contributed by atoms with Gasteiger partial charge in [0.25, 0.3) is 0 Å². The molecule has 0 nitrogen and oxygen atoms in total. The van der Waals surface area contributed by atoms with Gasteiger partial charge in [0.15, 0.2) is 0 Å². The molecular weight excluding hydrogens is 461 g/mol. The van der Waals surface area contributed by atoms with Gasteiger partial charge < -0.3 is 12.1 Å². The fourth-order valence-electron chi connectivity index (χ4n) is 0.840. The minimum atomic E-state index is 0. The summed E-state index contributed by atoms with van der Waals surface area (Å²) in [6, 6.07) is 8.32. The Morgan fingerprint density at radius 2 is 2.00 bits per heavy atom. The Morgan fingerprint density at radius 1 is 1.42 bits per heavy atom. The molecule has 0 unspecified atom stereocenters. The first-order valence-electron chi connectivity index (χ1n) is 3.20. The molecule has 0 saturated heterocycles. The molecule has 0 N–H and O–H groups in total. The molecule has 12 heavy (non-hydrogen) atoms. The molecule has 1 aromatic rings. The van der Waals surface area contributed by atoms with Crippen LogP contribution in [0.25, 0.3) is 0 Å². The van der Waals surface area contributed by atoms with Crippen LogP contribution in [0.3, 0.4) is 0 Å². The Hall–Kier alpha value is 1.49. The van der Waals surface area contributed by atoms with Gasteiger partial charge >= 0.3 is 0 Å². The first-order chi connectivity index (χ1) is 4.74. The van der Waals surface area contributed by atoms with Crippen LogP contribution < -0.4 is 0 Å². The maximum absolute atomic E-state index is 3.39. The van der Waals surface area contributed by atoms with Crippen LogP contribution in [-0.4, -0.2) is 0 Å². The van der Waals surface area contributed by atoms with Crippen LogP contribution in [0.5, 0.6) is 0 Å². The second kappa shape index (κ2) is 7.86. The van der Waals surface area contributed by atoms with E-state index in [0.717, 1.165) is 10.9 Å². The van der Waals surface area contributed by atoms with E-state index in [1.54, 1.807) is 0 Å². The molecule has 63 valence electrons. The first-order valence-corrected chi connectivity index (χ1v) is 4.32. The summed E-state index contributed by atoms with van der Waals surface area (Å²) in [7, 11) is 0. The van der Waals surface area contributed by atoms with E-state index in [9.17, 15) is 0 Å². The molecule has 3 heteroatoms. The summed E-state index contributed by atoms with van der Waals surface area (Å²) in [5.41, 5.74) is 3.57. The number of aryl methyl sites for hydroxylation is 2. The normalized spacial score (nSPS) is 8.25. The molecule has 0 aromatic heterocycles. The largest absolute Gasteiger partial charge is 0.356 e. The second-order valence-electron chi connectivity index (χ2n) is 2.32. The Morgan fingerprint density at radius 3 is 2.42 bits per heavy atom.